The highest BCUT2D eigenvalue weighted by atomic mass is 32.2. The normalized spacial score (nSPS) is 17.8. The van der Waals surface area contributed by atoms with Crippen LogP contribution in [-0.4, -0.2) is 21.2 Å². The van der Waals surface area contributed by atoms with E-state index in [2.05, 4.69) is 15.3 Å². The van der Waals surface area contributed by atoms with E-state index in [1.807, 2.05) is 30.3 Å². The number of benzene rings is 2. The van der Waals surface area contributed by atoms with Crippen molar-refractivity contribution in [1.29, 1.82) is 0 Å². The molecule has 0 atom stereocenters. The summed E-state index contributed by atoms with van der Waals surface area (Å²) in [5.74, 6) is -0.0423. The number of fused-ring (bicyclic) bond motifs is 1. The number of rotatable bonds is 2. The predicted octanol–water partition coefficient (Wildman–Crippen LogP) is 3.89. The molecule has 2 aromatic carbocycles. The minimum absolute atomic E-state index is 0.163. The average molecular weight is 353 g/mol. The summed E-state index contributed by atoms with van der Waals surface area (Å²) < 4.78 is 1.06. The summed E-state index contributed by atoms with van der Waals surface area (Å²) in [6.07, 6.45) is 1.72. The lowest BCUT2D eigenvalue weighted by atomic mass is 10.2. The van der Waals surface area contributed by atoms with E-state index in [4.69, 9.17) is 0 Å². The van der Waals surface area contributed by atoms with Crippen LogP contribution >= 0.6 is 23.1 Å². The first-order valence-corrected chi connectivity index (χ1v) is 8.75. The first-order valence-electron chi connectivity index (χ1n) is 7.11. The molecular formula is C17H11N3O2S2. The van der Waals surface area contributed by atoms with Crippen LogP contribution in [0.15, 0.2) is 58.4 Å². The second-order valence-corrected chi connectivity index (χ2v) is 7.08. The zero-order valence-corrected chi connectivity index (χ0v) is 13.9. The van der Waals surface area contributed by atoms with Crippen molar-refractivity contribution in [1.82, 2.24) is 10.3 Å². The van der Waals surface area contributed by atoms with Gasteiger partial charge in [-0.25, -0.2) is 4.98 Å². The van der Waals surface area contributed by atoms with Gasteiger partial charge in [-0.1, -0.05) is 35.6 Å². The maximum absolute atomic E-state index is 12.1. The maximum Gasteiger partial charge on any atom is 0.264 e. The van der Waals surface area contributed by atoms with Crippen LogP contribution < -0.4 is 5.32 Å². The van der Waals surface area contributed by atoms with Crippen LogP contribution in [0, 0.1) is 0 Å². The number of phenolic OH excluding ortho intramolecular Hbond substituents is 1. The van der Waals surface area contributed by atoms with Crippen molar-refractivity contribution in [3.63, 3.8) is 0 Å². The fourth-order valence-electron chi connectivity index (χ4n) is 2.24. The summed E-state index contributed by atoms with van der Waals surface area (Å²) in [4.78, 5) is 21.5. The Morgan fingerprint density at radius 1 is 1.17 bits per heavy atom. The number of carbonyl (C=O) groups is 1. The standard InChI is InChI=1S/C17H11N3O2S2/c21-11-5-3-4-10(8-11)9-14-15(22)19-17(24-14)20-16-18-12-6-1-2-7-13(12)23-16/h1-9,21H,(H,18,19,20,22)/b14-9-. The van der Waals surface area contributed by atoms with Gasteiger partial charge < -0.3 is 10.4 Å². The Hall–Kier alpha value is -2.64. The molecule has 5 nitrogen and oxygen atoms in total. The van der Waals surface area contributed by atoms with E-state index in [-0.39, 0.29) is 11.7 Å². The van der Waals surface area contributed by atoms with Crippen molar-refractivity contribution in [3.05, 3.63) is 59.0 Å². The van der Waals surface area contributed by atoms with Crippen LogP contribution in [0.4, 0.5) is 5.13 Å². The Labute approximate surface area is 145 Å². The third-order valence-corrected chi connectivity index (χ3v) is 5.14. The molecule has 1 saturated heterocycles. The SMILES string of the molecule is O=C1NC(=Nc2nc3ccccc3s2)S/C1=C\c1cccc(O)c1. The molecule has 0 aliphatic carbocycles. The van der Waals surface area contributed by atoms with Crippen LogP contribution in [0.5, 0.6) is 5.75 Å². The van der Waals surface area contributed by atoms with Gasteiger partial charge in [0.15, 0.2) is 5.17 Å². The number of amides is 1. The van der Waals surface area contributed by atoms with E-state index in [0.717, 1.165) is 15.8 Å². The summed E-state index contributed by atoms with van der Waals surface area (Å²) in [7, 11) is 0. The van der Waals surface area contributed by atoms with Gasteiger partial charge in [0, 0.05) is 0 Å². The number of thioether (sulfide) groups is 1. The lowest BCUT2D eigenvalue weighted by molar-refractivity contribution is -0.115. The second kappa shape index (κ2) is 6.10. The zero-order valence-electron chi connectivity index (χ0n) is 12.3. The first kappa shape index (κ1) is 14.9. The highest BCUT2D eigenvalue weighted by molar-refractivity contribution is 8.18. The number of nitrogens with one attached hydrogen (secondary N) is 1. The summed E-state index contributed by atoms with van der Waals surface area (Å²) in [6, 6.07) is 14.6. The number of thiazole rings is 1. The number of nitrogens with zero attached hydrogens (tertiary/aromatic N) is 2. The Bertz CT molecular complexity index is 975. The number of aromatic hydroxyl groups is 1. The van der Waals surface area contributed by atoms with Gasteiger partial charge in [0.2, 0.25) is 5.13 Å². The van der Waals surface area contributed by atoms with Crippen molar-refractivity contribution in [2.45, 2.75) is 0 Å². The molecule has 1 aromatic heterocycles. The van der Waals surface area contributed by atoms with Gasteiger partial charge in [0.05, 0.1) is 15.1 Å². The van der Waals surface area contributed by atoms with Crippen molar-refractivity contribution in [3.8, 4) is 5.75 Å². The molecule has 0 spiro atoms. The van der Waals surface area contributed by atoms with Crippen LogP contribution in [0.2, 0.25) is 0 Å². The van der Waals surface area contributed by atoms with E-state index < -0.39 is 0 Å². The van der Waals surface area contributed by atoms with E-state index in [0.29, 0.717) is 15.2 Å². The molecule has 2 N–H and O–H groups in total. The highest BCUT2D eigenvalue weighted by Crippen LogP contribution is 2.32. The van der Waals surface area contributed by atoms with Crippen molar-refractivity contribution in [2.24, 2.45) is 4.99 Å². The third-order valence-electron chi connectivity index (χ3n) is 3.30. The topological polar surface area (TPSA) is 74.6 Å². The van der Waals surface area contributed by atoms with Crippen molar-refractivity contribution < 1.29 is 9.90 Å². The minimum atomic E-state index is -0.205. The van der Waals surface area contributed by atoms with Gasteiger partial charge in [-0.05, 0) is 47.7 Å². The number of aromatic nitrogens is 1. The van der Waals surface area contributed by atoms with Crippen LogP contribution in [0.25, 0.3) is 16.3 Å². The number of amidine groups is 1. The fourth-order valence-corrected chi connectivity index (χ4v) is 3.96. The molecule has 3 aromatic rings. The van der Waals surface area contributed by atoms with Crippen molar-refractivity contribution >= 4 is 55.6 Å². The minimum Gasteiger partial charge on any atom is -0.508 e. The lowest BCUT2D eigenvalue weighted by Crippen LogP contribution is -2.19. The molecule has 2 heterocycles. The van der Waals surface area contributed by atoms with Crippen molar-refractivity contribution in [2.75, 3.05) is 0 Å². The fraction of sp³-hybridized carbons (Fsp3) is 0. The van der Waals surface area contributed by atoms with E-state index in [1.54, 1.807) is 24.3 Å². The van der Waals surface area contributed by atoms with Crippen LogP contribution in [-0.2, 0) is 4.79 Å². The molecule has 4 rings (SSSR count). The van der Waals surface area contributed by atoms with E-state index in [9.17, 15) is 9.90 Å². The maximum atomic E-state index is 12.1. The third kappa shape index (κ3) is 3.04. The van der Waals surface area contributed by atoms with Gasteiger partial charge in [-0.2, -0.15) is 4.99 Å². The number of carbonyl (C=O) groups excluding carboxylic acids is 1. The molecule has 1 aliphatic rings. The molecule has 1 aliphatic heterocycles. The van der Waals surface area contributed by atoms with Gasteiger partial charge in [-0.15, -0.1) is 0 Å². The number of para-hydroxylation sites is 1. The van der Waals surface area contributed by atoms with E-state index >= 15 is 0 Å². The molecule has 1 fully saturated rings. The number of aliphatic imine (C=N–C) groups is 1. The molecule has 1 amide bonds. The molecular weight excluding hydrogens is 342 g/mol. The smallest absolute Gasteiger partial charge is 0.264 e. The lowest BCUT2D eigenvalue weighted by Gasteiger charge is -1.95. The van der Waals surface area contributed by atoms with Gasteiger partial charge in [0.25, 0.3) is 5.91 Å². The Balaban J connectivity index is 1.61. The predicted molar refractivity (Wildman–Crippen MR) is 98.5 cm³/mol. The molecule has 7 heteroatoms. The summed E-state index contributed by atoms with van der Waals surface area (Å²) in [6.45, 7) is 0. The molecule has 24 heavy (non-hydrogen) atoms. The van der Waals surface area contributed by atoms with Gasteiger partial charge in [0.1, 0.15) is 5.75 Å². The Morgan fingerprint density at radius 3 is 2.88 bits per heavy atom. The van der Waals surface area contributed by atoms with E-state index in [1.165, 1.54) is 23.1 Å². The molecule has 0 unspecified atom stereocenters. The number of phenols is 1. The quantitative estimate of drug-likeness (QED) is 0.685. The van der Waals surface area contributed by atoms with Gasteiger partial charge >= 0.3 is 0 Å². The zero-order chi connectivity index (χ0) is 16.5. The largest absolute Gasteiger partial charge is 0.508 e. The Morgan fingerprint density at radius 2 is 2.04 bits per heavy atom. The molecule has 118 valence electrons. The monoisotopic (exact) mass is 353 g/mol. The molecule has 0 saturated carbocycles. The number of hydrogen-bond donors (Lipinski definition) is 2. The average Bonchev–Trinajstić information content (AvgIpc) is 3.10. The van der Waals surface area contributed by atoms with Crippen LogP contribution in [0.3, 0.4) is 0 Å². The summed E-state index contributed by atoms with van der Waals surface area (Å²) in [5.41, 5.74) is 1.65. The molecule has 0 radical (unpaired) electrons. The summed E-state index contributed by atoms with van der Waals surface area (Å²) in [5, 5.41) is 13.4. The Kier molecular flexibility index (Phi) is 3.79. The van der Waals surface area contributed by atoms with Crippen LogP contribution in [0.1, 0.15) is 5.56 Å². The molecule has 0 bridgehead atoms. The second-order valence-electron chi connectivity index (χ2n) is 5.04. The van der Waals surface area contributed by atoms with Gasteiger partial charge in [-0.3, -0.25) is 4.79 Å². The number of hydrogen-bond acceptors (Lipinski definition) is 6. The first-order chi connectivity index (χ1) is 11.7. The summed E-state index contributed by atoms with van der Waals surface area (Å²) >= 11 is 2.74. The highest BCUT2D eigenvalue weighted by Gasteiger charge is 2.24.